The van der Waals surface area contributed by atoms with Gasteiger partial charge in [0.1, 0.15) is 0 Å². The Kier molecular flexibility index (Phi) is 2.10. The molecule has 0 saturated heterocycles. The van der Waals surface area contributed by atoms with Crippen molar-refractivity contribution in [2.24, 2.45) is 5.92 Å². The molecule has 0 fully saturated rings. The van der Waals surface area contributed by atoms with Gasteiger partial charge < -0.3 is 4.74 Å². The van der Waals surface area contributed by atoms with E-state index in [0.717, 1.165) is 18.4 Å². The van der Waals surface area contributed by atoms with E-state index in [0.29, 0.717) is 0 Å². The summed E-state index contributed by atoms with van der Waals surface area (Å²) in [5, 5.41) is 0. The van der Waals surface area contributed by atoms with E-state index < -0.39 is 0 Å². The van der Waals surface area contributed by atoms with Crippen LogP contribution in [0.3, 0.4) is 0 Å². The Morgan fingerprint density at radius 3 is 2.70 bits per heavy atom. The molecule has 1 aliphatic rings. The zero-order valence-corrected chi connectivity index (χ0v) is 6.39. The molecular weight excluding hydrogens is 128 g/mol. The molecule has 2 heteroatoms. The fourth-order valence-corrected chi connectivity index (χ4v) is 1.21. The first kappa shape index (κ1) is 7.32. The average Bonchev–Trinajstić information content (AvgIpc) is 2.30. The molecule has 1 heterocycles. The van der Waals surface area contributed by atoms with Crippen LogP contribution in [0.2, 0.25) is 0 Å². The van der Waals surface area contributed by atoms with Gasteiger partial charge in [-0.3, -0.25) is 4.79 Å². The second-order valence-corrected chi connectivity index (χ2v) is 2.44. The van der Waals surface area contributed by atoms with Gasteiger partial charge in [0, 0.05) is 0 Å². The fourth-order valence-electron chi connectivity index (χ4n) is 1.21. The van der Waals surface area contributed by atoms with Crippen LogP contribution in [0.25, 0.3) is 0 Å². The van der Waals surface area contributed by atoms with Gasteiger partial charge in [0.15, 0.2) is 0 Å². The number of ether oxygens (including phenoxy) is 1. The molecule has 0 aromatic carbocycles. The number of esters is 1. The highest BCUT2D eigenvalue weighted by Crippen LogP contribution is 2.25. The quantitative estimate of drug-likeness (QED) is 0.547. The van der Waals surface area contributed by atoms with Gasteiger partial charge in [-0.15, -0.1) is 0 Å². The Labute approximate surface area is 60.9 Å². The van der Waals surface area contributed by atoms with Crippen LogP contribution in [-0.4, -0.2) is 5.97 Å². The summed E-state index contributed by atoms with van der Waals surface area (Å²) in [5.74, 6) is -0.0376. The maximum absolute atomic E-state index is 10.9. The van der Waals surface area contributed by atoms with Gasteiger partial charge in [0.25, 0.3) is 0 Å². The molecule has 0 saturated carbocycles. The molecule has 0 radical (unpaired) electrons. The number of hydrogen-bond acceptors (Lipinski definition) is 2. The van der Waals surface area contributed by atoms with Crippen LogP contribution in [0.15, 0.2) is 11.8 Å². The molecule has 0 aromatic heterocycles. The Morgan fingerprint density at radius 2 is 2.30 bits per heavy atom. The standard InChI is InChI=1S/C8H12O2/c1-3-6-5-10-8(9)7(6)4-2/h5,7H,3-4H2,1-2H3. The van der Waals surface area contributed by atoms with Crippen molar-refractivity contribution in [1.82, 2.24) is 0 Å². The lowest BCUT2D eigenvalue weighted by Crippen LogP contribution is -2.09. The van der Waals surface area contributed by atoms with E-state index in [1.54, 1.807) is 6.26 Å². The van der Waals surface area contributed by atoms with E-state index in [2.05, 4.69) is 0 Å². The molecule has 1 aliphatic heterocycles. The molecule has 1 rings (SSSR count). The van der Waals surface area contributed by atoms with Crippen LogP contribution in [0.5, 0.6) is 0 Å². The molecule has 1 unspecified atom stereocenters. The Morgan fingerprint density at radius 1 is 1.60 bits per heavy atom. The summed E-state index contributed by atoms with van der Waals surface area (Å²) >= 11 is 0. The monoisotopic (exact) mass is 140 g/mol. The van der Waals surface area contributed by atoms with Gasteiger partial charge in [0.05, 0.1) is 12.2 Å². The number of carbonyl (C=O) groups is 1. The summed E-state index contributed by atoms with van der Waals surface area (Å²) in [7, 11) is 0. The number of rotatable bonds is 2. The molecular formula is C8H12O2. The molecule has 0 aliphatic carbocycles. The van der Waals surface area contributed by atoms with Crippen LogP contribution in [0.1, 0.15) is 26.7 Å². The summed E-state index contributed by atoms with van der Waals surface area (Å²) in [6.45, 7) is 4.04. The lowest BCUT2D eigenvalue weighted by molar-refractivity contribution is -0.139. The predicted molar refractivity (Wildman–Crippen MR) is 38.2 cm³/mol. The molecule has 0 aromatic rings. The van der Waals surface area contributed by atoms with Gasteiger partial charge in [-0.2, -0.15) is 0 Å². The third kappa shape index (κ3) is 1.06. The van der Waals surface area contributed by atoms with Crippen LogP contribution < -0.4 is 0 Å². The highest BCUT2D eigenvalue weighted by atomic mass is 16.5. The largest absolute Gasteiger partial charge is 0.434 e. The summed E-state index contributed by atoms with van der Waals surface area (Å²) in [4.78, 5) is 10.9. The predicted octanol–water partition coefficient (Wildman–Crippen LogP) is 1.86. The minimum absolute atomic E-state index is 0.0463. The summed E-state index contributed by atoms with van der Waals surface area (Å²) in [6.07, 6.45) is 3.37. The molecule has 56 valence electrons. The van der Waals surface area contributed by atoms with Crippen molar-refractivity contribution in [3.8, 4) is 0 Å². The number of cyclic esters (lactones) is 1. The van der Waals surface area contributed by atoms with E-state index in [-0.39, 0.29) is 11.9 Å². The highest BCUT2D eigenvalue weighted by molar-refractivity contribution is 5.78. The van der Waals surface area contributed by atoms with Crippen molar-refractivity contribution in [3.05, 3.63) is 11.8 Å². The SMILES string of the molecule is CCC1=COC(=O)C1CC. The molecule has 0 bridgehead atoms. The third-order valence-electron chi connectivity index (χ3n) is 1.88. The molecule has 0 amide bonds. The Hall–Kier alpha value is -0.790. The Bertz CT molecular complexity index is 170. The number of hydrogen-bond donors (Lipinski definition) is 0. The molecule has 0 spiro atoms. The van der Waals surface area contributed by atoms with Crippen molar-refractivity contribution in [3.63, 3.8) is 0 Å². The fraction of sp³-hybridized carbons (Fsp3) is 0.625. The van der Waals surface area contributed by atoms with Crippen LogP contribution in [0.4, 0.5) is 0 Å². The normalized spacial score (nSPS) is 24.4. The van der Waals surface area contributed by atoms with E-state index in [9.17, 15) is 4.79 Å². The van der Waals surface area contributed by atoms with Crippen molar-refractivity contribution >= 4 is 5.97 Å². The minimum atomic E-state index is -0.0839. The van der Waals surface area contributed by atoms with Crippen molar-refractivity contribution in [2.45, 2.75) is 26.7 Å². The van der Waals surface area contributed by atoms with Crippen LogP contribution in [0, 0.1) is 5.92 Å². The zero-order valence-electron chi connectivity index (χ0n) is 6.39. The smallest absolute Gasteiger partial charge is 0.317 e. The second-order valence-electron chi connectivity index (χ2n) is 2.44. The van der Waals surface area contributed by atoms with Gasteiger partial charge in [-0.05, 0) is 18.4 Å². The topological polar surface area (TPSA) is 26.3 Å². The molecule has 2 nitrogen and oxygen atoms in total. The highest BCUT2D eigenvalue weighted by Gasteiger charge is 2.26. The third-order valence-corrected chi connectivity index (χ3v) is 1.88. The maximum Gasteiger partial charge on any atom is 0.317 e. The Balaban J connectivity index is 2.66. The van der Waals surface area contributed by atoms with Gasteiger partial charge in [0.2, 0.25) is 0 Å². The second kappa shape index (κ2) is 2.86. The van der Waals surface area contributed by atoms with E-state index in [1.165, 1.54) is 0 Å². The van der Waals surface area contributed by atoms with Crippen molar-refractivity contribution < 1.29 is 9.53 Å². The van der Waals surface area contributed by atoms with Crippen LogP contribution in [-0.2, 0) is 9.53 Å². The molecule has 10 heavy (non-hydrogen) atoms. The van der Waals surface area contributed by atoms with E-state index in [1.807, 2.05) is 13.8 Å². The van der Waals surface area contributed by atoms with Gasteiger partial charge >= 0.3 is 5.97 Å². The first-order valence-corrected chi connectivity index (χ1v) is 3.69. The van der Waals surface area contributed by atoms with Crippen LogP contribution >= 0.6 is 0 Å². The van der Waals surface area contributed by atoms with E-state index >= 15 is 0 Å². The van der Waals surface area contributed by atoms with E-state index in [4.69, 9.17) is 4.74 Å². The number of carbonyl (C=O) groups excluding carboxylic acids is 1. The first-order valence-electron chi connectivity index (χ1n) is 3.69. The van der Waals surface area contributed by atoms with Gasteiger partial charge in [-0.1, -0.05) is 13.8 Å². The molecule has 1 atom stereocenters. The van der Waals surface area contributed by atoms with Crippen molar-refractivity contribution in [1.29, 1.82) is 0 Å². The van der Waals surface area contributed by atoms with Crippen molar-refractivity contribution in [2.75, 3.05) is 0 Å². The lowest BCUT2D eigenvalue weighted by Gasteiger charge is -2.03. The zero-order chi connectivity index (χ0) is 7.56. The molecule has 0 N–H and O–H groups in total. The summed E-state index contributed by atoms with van der Waals surface area (Å²) < 4.78 is 4.76. The first-order chi connectivity index (χ1) is 4.79. The maximum atomic E-state index is 10.9. The lowest BCUT2D eigenvalue weighted by atomic mass is 9.97. The average molecular weight is 140 g/mol. The summed E-state index contributed by atoms with van der Waals surface area (Å²) in [5.41, 5.74) is 1.13. The van der Waals surface area contributed by atoms with Gasteiger partial charge in [-0.25, -0.2) is 0 Å². The summed E-state index contributed by atoms with van der Waals surface area (Å²) in [6, 6.07) is 0. The minimum Gasteiger partial charge on any atom is -0.434 e.